The second-order valence-electron chi connectivity index (χ2n) is 2.68. The highest BCUT2D eigenvalue weighted by Crippen LogP contribution is 2.18. The van der Waals surface area contributed by atoms with Crippen molar-refractivity contribution in [3.63, 3.8) is 0 Å². The maximum atomic E-state index is 11.2. The molecule has 0 amide bonds. The van der Waals surface area contributed by atoms with E-state index in [-0.39, 0.29) is 16.1 Å². The number of rotatable bonds is 3. The predicted molar refractivity (Wildman–Crippen MR) is 52.0 cm³/mol. The van der Waals surface area contributed by atoms with Gasteiger partial charge in [-0.3, -0.25) is 4.18 Å². The molecule has 0 saturated heterocycles. The number of hydrogen-bond donors (Lipinski definition) is 2. The number of benzene rings is 1. The molecular weight excluding hydrogens is 222 g/mol. The first-order valence-electron chi connectivity index (χ1n) is 3.82. The number of carboxylic acid groups (broad SMARTS) is 1. The lowest BCUT2D eigenvalue weighted by Gasteiger charge is -2.04. The minimum Gasteiger partial charge on any atom is -0.478 e. The van der Waals surface area contributed by atoms with Gasteiger partial charge in [0.05, 0.1) is 17.6 Å². The third-order valence-electron chi connectivity index (χ3n) is 1.76. The van der Waals surface area contributed by atoms with E-state index in [0.717, 1.165) is 13.2 Å². The second-order valence-corrected chi connectivity index (χ2v) is 4.39. The van der Waals surface area contributed by atoms with E-state index in [1.807, 2.05) is 0 Å². The van der Waals surface area contributed by atoms with Crippen LogP contribution in [-0.4, -0.2) is 26.6 Å². The third-order valence-corrected chi connectivity index (χ3v) is 3.03. The zero-order chi connectivity index (χ0) is 11.6. The molecule has 0 saturated carbocycles. The lowest BCUT2D eigenvalue weighted by Crippen LogP contribution is -2.07. The van der Waals surface area contributed by atoms with Crippen LogP contribution in [0.4, 0.5) is 5.69 Å². The molecule has 1 aromatic carbocycles. The van der Waals surface area contributed by atoms with Crippen molar-refractivity contribution in [1.29, 1.82) is 0 Å². The number of hydrogen-bond acceptors (Lipinski definition) is 5. The van der Waals surface area contributed by atoms with Crippen LogP contribution in [0, 0.1) is 0 Å². The first-order chi connectivity index (χ1) is 6.88. The van der Waals surface area contributed by atoms with Crippen LogP contribution in [0.25, 0.3) is 0 Å². The number of carbonyl (C=O) groups is 1. The van der Waals surface area contributed by atoms with Gasteiger partial charge >= 0.3 is 5.97 Å². The Bertz CT molecular complexity index is 494. The van der Waals surface area contributed by atoms with Crippen LogP contribution in [0.5, 0.6) is 0 Å². The largest absolute Gasteiger partial charge is 0.478 e. The molecule has 0 radical (unpaired) electrons. The molecule has 0 heterocycles. The summed E-state index contributed by atoms with van der Waals surface area (Å²) in [5.74, 6) is -1.29. The molecule has 7 heteroatoms. The molecule has 15 heavy (non-hydrogen) atoms. The Hall–Kier alpha value is -1.60. The number of carboxylic acids is 1. The van der Waals surface area contributed by atoms with Crippen LogP contribution < -0.4 is 5.73 Å². The van der Waals surface area contributed by atoms with Crippen LogP contribution in [0.15, 0.2) is 23.1 Å². The third kappa shape index (κ3) is 2.25. The van der Waals surface area contributed by atoms with Crippen LogP contribution in [0.3, 0.4) is 0 Å². The van der Waals surface area contributed by atoms with Crippen molar-refractivity contribution in [3.05, 3.63) is 23.8 Å². The lowest BCUT2D eigenvalue weighted by molar-refractivity contribution is 0.0698. The molecule has 82 valence electrons. The van der Waals surface area contributed by atoms with Gasteiger partial charge < -0.3 is 10.8 Å². The Labute approximate surface area is 86.4 Å². The SMILES string of the molecule is COS(=O)(=O)c1ccc(N)c(C(=O)O)c1. The summed E-state index contributed by atoms with van der Waals surface area (Å²) in [6.07, 6.45) is 0. The van der Waals surface area contributed by atoms with Gasteiger partial charge in [0.2, 0.25) is 0 Å². The summed E-state index contributed by atoms with van der Waals surface area (Å²) >= 11 is 0. The van der Waals surface area contributed by atoms with Gasteiger partial charge in [0.1, 0.15) is 0 Å². The molecule has 3 N–H and O–H groups in total. The van der Waals surface area contributed by atoms with E-state index < -0.39 is 16.1 Å². The topological polar surface area (TPSA) is 107 Å². The standard InChI is InChI=1S/C8H9NO5S/c1-14-15(12,13)5-2-3-7(9)6(4-5)8(10)11/h2-4H,9H2,1H3,(H,10,11). The molecule has 0 aliphatic rings. The van der Waals surface area contributed by atoms with E-state index in [1.54, 1.807) is 0 Å². The van der Waals surface area contributed by atoms with E-state index in [1.165, 1.54) is 12.1 Å². The van der Waals surface area contributed by atoms with Crippen molar-refractivity contribution < 1.29 is 22.5 Å². The number of nitrogen functional groups attached to an aromatic ring is 1. The highest BCUT2D eigenvalue weighted by atomic mass is 32.2. The van der Waals surface area contributed by atoms with Crippen LogP contribution >= 0.6 is 0 Å². The van der Waals surface area contributed by atoms with Crippen molar-refractivity contribution in [2.24, 2.45) is 0 Å². The highest BCUT2D eigenvalue weighted by molar-refractivity contribution is 7.86. The normalized spacial score (nSPS) is 11.3. The smallest absolute Gasteiger partial charge is 0.337 e. The Morgan fingerprint density at radius 3 is 2.53 bits per heavy atom. The van der Waals surface area contributed by atoms with E-state index in [2.05, 4.69) is 4.18 Å². The van der Waals surface area contributed by atoms with Gasteiger partial charge in [-0.15, -0.1) is 0 Å². The maximum Gasteiger partial charge on any atom is 0.337 e. The lowest BCUT2D eigenvalue weighted by atomic mass is 10.2. The highest BCUT2D eigenvalue weighted by Gasteiger charge is 2.17. The Morgan fingerprint density at radius 2 is 2.07 bits per heavy atom. The van der Waals surface area contributed by atoms with Crippen molar-refractivity contribution in [1.82, 2.24) is 0 Å². The van der Waals surface area contributed by atoms with Gasteiger partial charge in [-0.2, -0.15) is 8.42 Å². The Balaban J connectivity index is 3.38. The van der Waals surface area contributed by atoms with Crippen molar-refractivity contribution in [2.75, 3.05) is 12.8 Å². The van der Waals surface area contributed by atoms with E-state index in [9.17, 15) is 13.2 Å². The second kappa shape index (κ2) is 3.87. The zero-order valence-corrected chi connectivity index (χ0v) is 8.61. The molecule has 0 spiro atoms. The van der Waals surface area contributed by atoms with Gasteiger partial charge in [-0.1, -0.05) is 0 Å². The van der Waals surface area contributed by atoms with E-state index >= 15 is 0 Å². The van der Waals surface area contributed by atoms with Gasteiger partial charge in [0, 0.05) is 5.69 Å². The average Bonchev–Trinajstić information content (AvgIpc) is 2.17. The quantitative estimate of drug-likeness (QED) is 0.572. The first-order valence-corrected chi connectivity index (χ1v) is 5.23. The fraction of sp³-hybridized carbons (Fsp3) is 0.125. The molecule has 0 bridgehead atoms. The summed E-state index contributed by atoms with van der Waals surface area (Å²) in [7, 11) is -2.90. The average molecular weight is 231 g/mol. The van der Waals surface area contributed by atoms with Crippen molar-refractivity contribution >= 4 is 21.8 Å². The summed E-state index contributed by atoms with van der Waals surface area (Å²) in [5.41, 5.74) is 5.09. The number of nitrogens with two attached hydrogens (primary N) is 1. The van der Waals surface area contributed by atoms with E-state index in [0.29, 0.717) is 0 Å². The molecule has 0 aliphatic heterocycles. The molecule has 0 fully saturated rings. The maximum absolute atomic E-state index is 11.2. The molecule has 0 aliphatic carbocycles. The molecule has 0 atom stereocenters. The first kappa shape index (κ1) is 11.5. The minimum absolute atomic E-state index is 0.00227. The number of anilines is 1. The fourth-order valence-corrected chi connectivity index (χ4v) is 1.66. The van der Waals surface area contributed by atoms with Gasteiger partial charge in [-0.05, 0) is 18.2 Å². The summed E-state index contributed by atoms with van der Waals surface area (Å²) in [6.45, 7) is 0. The summed E-state index contributed by atoms with van der Waals surface area (Å²) in [5, 5.41) is 8.71. The zero-order valence-electron chi connectivity index (χ0n) is 7.80. The summed E-state index contributed by atoms with van der Waals surface area (Å²) in [4.78, 5) is 10.4. The van der Waals surface area contributed by atoms with Crippen molar-refractivity contribution in [3.8, 4) is 0 Å². The van der Waals surface area contributed by atoms with Crippen LogP contribution in [0.2, 0.25) is 0 Å². The van der Waals surface area contributed by atoms with Crippen LogP contribution in [0.1, 0.15) is 10.4 Å². The molecule has 0 unspecified atom stereocenters. The Kier molecular flexibility index (Phi) is 2.96. The Morgan fingerprint density at radius 1 is 1.47 bits per heavy atom. The summed E-state index contributed by atoms with van der Waals surface area (Å²) in [6, 6.07) is 3.34. The van der Waals surface area contributed by atoms with E-state index in [4.69, 9.17) is 10.8 Å². The molecule has 1 aromatic rings. The predicted octanol–water partition coefficient (Wildman–Crippen LogP) is 0.302. The van der Waals surface area contributed by atoms with Gasteiger partial charge in [-0.25, -0.2) is 4.79 Å². The van der Waals surface area contributed by atoms with Crippen LogP contribution in [-0.2, 0) is 14.3 Å². The fourth-order valence-electron chi connectivity index (χ4n) is 0.972. The van der Waals surface area contributed by atoms with Gasteiger partial charge in [0.15, 0.2) is 0 Å². The van der Waals surface area contributed by atoms with Gasteiger partial charge in [0.25, 0.3) is 10.1 Å². The molecule has 0 aromatic heterocycles. The molecule has 6 nitrogen and oxygen atoms in total. The monoisotopic (exact) mass is 231 g/mol. The van der Waals surface area contributed by atoms with Crippen molar-refractivity contribution in [2.45, 2.75) is 4.90 Å². The number of aromatic carboxylic acids is 1. The minimum atomic E-state index is -3.89. The molecular formula is C8H9NO5S. The molecule has 1 rings (SSSR count). The summed E-state index contributed by atoms with van der Waals surface area (Å²) < 4.78 is 26.7.